The lowest BCUT2D eigenvalue weighted by molar-refractivity contribution is -0.885. The van der Waals surface area contributed by atoms with Crippen LogP contribution in [0, 0.1) is 0 Å². The third-order valence-electron chi connectivity index (χ3n) is 4.75. The van der Waals surface area contributed by atoms with E-state index in [1.165, 1.54) is 4.90 Å². The van der Waals surface area contributed by atoms with Crippen LogP contribution < -0.4 is 10.2 Å². The highest BCUT2D eigenvalue weighted by atomic mass is 16.2. The van der Waals surface area contributed by atoms with Crippen LogP contribution >= 0.6 is 0 Å². The zero-order chi connectivity index (χ0) is 21.5. The summed E-state index contributed by atoms with van der Waals surface area (Å²) in [6.07, 6.45) is 2.02. The van der Waals surface area contributed by atoms with E-state index in [0.717, 1.165) is 27.4 Å². The maximum atomic E-state index is 12.2. The van der Waals surface area contributed by atoms with Crippen molar-refractivity contribution in [1.82, 2.24) is 20.0 Å². The number of nitrogens with zero attached hydrogens (tertiary/aromatic N) is 3. The van der Waals surface area contributed by atoms with Gasteiger partial charge >= 0.3 is 0 Å². The van der Waals surface area contributed by atoms with E-state index in [9.17, 15) is 9.59 Å². The highest BCUT2D eigenvalue weighted by Crippen LogP contribution is 2.23. The van der Waals surface area contributed by atoms with Crippen molar-refractivity contribution in [3.8, 4) is 16.9 Å². The monoisotopic (exact) mass is 406 g/mol. The van der Waals surface area contributed by atoms with Crippen molar-refractivity contribution < 1.29 is 14.5 Å². The lowest BCUT2D eigenvalue weighted by Crippen LogP contribution is -3.08. The molecule has 2 aromatic carbocycles. The van der Waals surface area contributed by atoms with Gasteiger partial charge in [0.1, 0.15) is 12.2 Å². The molecule has 0 aliphatic carbocycles. The Morgan fingerprint density at radius 3 is 2.30 bits per heavy atom. The summed E-state index contributed by atoms with van der Waals surface area (Å²) in [6, 6.07) is 20.0. The Morgan fingerprint density at radius 2 is 1.67 bits per heavy atom. The largest absolute Gasteiger partial charge is 0.347 e. The molecule has 1 atom stereocenters. The molecule has 0 saturated carbocycles. The van der Waals surface area contributed by atoms with Crippen LogP contribution in [0.1, 0.15) is 5.56 Å². The zero-order valence-electron chi connectivity index (χ0n) is 17.6. The Morgan fingerprint density at radius 1 is 1.03 bits per heavy atom. The number of hydrogen-bond acceptors (Lipinski definition) is 3. The molecular weight excluding hydrogens is 378 g/mol. The van der Waals surface area contributed by atoms with Gasteiger partial charge in [0.05, 0.1) is 24.8 Å². The molecule has 2 amide bonds. The summed E-state index contributed by atoms with van der Waals surface area (Å²) in [5, 5.41) is 7.50. The van der Waals surface area contributed by atoms with Crippen LogP contribution in [0.3, 0.4) is 0 Å². The molecule has 0 radical (unpaired) electrons. The molecule has 0 aliphatic heterocycles. The molecular formula is C23H28N5O2+. The summed E-state index contributed by atoms with van der Waals surface area (Å²) in [7, 11) is 5.30. The molecule has 0 saturated heterocycles. The van der Waals surface area contributed by atoms with Crippen LogP contribution in [0.25, 0.3) is 16.9 Å². The minimum absolute atomic E-state index is 0.0142. The van der Waals surface area contributed by atoms with E-state index < -0.39 is 0 Å². The number of likely N-dealkylation sites (N-methyl/N-ethyl adjacent to an activating group) is 2. The minimum Gasteiger partial charge on any atom is -0.347 e. The Balaban J connectivity index is 1.75. The van der Waals surface area contributed by atoms with Crippen molar-refractivity contribution in [1.29, 1.82) is 0 Å². The molecule has 0 bridgehead atoms. The molecule has 0 aliphatic rings. The van der Waals surface area contributed by atoms with Crippen LogP contribution in [0.4, 0.5) is 0 Å². The van der Waals surface area contributed by atoms with Gasteiger partial charge in [0, 0.05) is 25.9 Å². The van der Waals surface area contributed by atoms with Crippen LogP contribution in [0.5, 0.6) is 0 Å². The fraction of sp³-hybridized carbons (Fsp3) is 0.261. The number of benzene rings is 2. The van der Waals surface area contributed by atoms with Crippen molar-refractivity contribution in [3.05, 3.63) is 72.4 Å². The lowest BCUT2D eigenvalue weighted by Gasteiger charge is -2.15. The molecule has 0 spiro atoms. The summed E-state index contributed by atoms with van der Waals surface area (Å²) in [6.45, 7) is 0.915. The summed E-state index contributed by atoms with van der Waals surface area (Å²) in [5.74, 6) is -0.282. The van der Waals surface area contributed by atoms with E-state index in [2.05, 4.69) is 5.32 Å². The predicted molar refractivity (Wildman–Crippen MR) is 116 cm³/mol. The van der Waals surface area contributed by atoms with Gasteiger partial charge in [-0.05, 0) is 12.1 Å². The van der Waals surface area contributed by atoms with E-state index in [-0.39, 0.29) is 24.9 Å². The van der Waals surface area contributed by atoms with Gasteiger partial charge in [-0.2, -0.15) is 5.10 Å². The van der Waals surface area contributed by atoms with Crippen LogP contribution in [0.15, 0.2) is 66.9 Å². The number of aromatic nitrogens is 2. The molecule has 1 aromatic heterocycles. The first-order valence-electron chi connectivity index (χ1n) is 9.91. The van der Waals surface area contributed by atoms with Gasteiger partial charge in [-0.15, -0.1) is 0 Å². The molecule has 7 heteroatoms. The van der Waals surface area contributed by atoms with E-state index in [1.54, 1.807) is 14.1 Å². The van der Waals surface area contributed by atoms with Gasteiger partial charge in [-0.3, -0.25) is 9.59 Å². The second kappa shape index (κ2) is 9.84. The Bertz CT molecular complexity index is 983. The molecule has 156 valence electrons. The molecule has 30 heavy (non-hydrogen) atoms. The normalized spacial score (nSPS) is 11.7. The third kappa shape index (κ3) is 5.55. The number of para-hydroxylation sites is 1. The molecule has 1 unspecified atom stereocenters. The van der Waals surface area contributed by atoms with Gasteiger partial charge in [-0.1, -0.05) is 48.5 Å². The summed E-state index contributed by atoms with van der Waals surface area (Å²) >= 11 is 0. The van der Waals surface area contributed by atoms with Crippen molar-refractivity contribution in [3.63, 3.8) is 0 Å². The highest BCUT2D eigenvalue weighted by molar-refractivity contribution is 5.84. The number of amides is 2. The first-order valence-corrected chi connectivity index (χ1v) is 9.91. The third-order valence-corrected chi connectivity index (χ3v) is 4.75. The molecule has 3 aromatic rings. The highest BCUT2D eigenvalue weighted by Gasteiger charge is 2.18. The average Bonchev–Trinajstić information content (AvgIpc) is 3.16. The number of carbonyl (C=O) groups excluding carboxylic acids is 2. The van der Waals surface area contributed by atoms with Gasteiger partial charge in [0.2, 0.25) is 5.91 Å². The quantitative estimate of drug-likeness (QED) is 0.580. The smallest absolute Gasteiger partial charge is 0.275 e. The number of rotatable bonds is 8. The standard InChI is InChI=1S/C23H27N5O2/c1-26(2)22(30)14-24-21(29)17-27(3)15-19-16-28(20-12-8-5-9-13-20)25-23(19)18-10-6-4-7-11-18/h4-13,16H,14-15,17H2,1-3H3,(H,24,29)/p+1. The van der Waals surface area contributed by atoms with E-state index >= 15 is 0 Å². The van der Waals surface area contributed by atoms with Gasteiger partial charge in [0.25, 0.3) is 5.91 Å². The van der Waals surface area contributed by atoms with Crippen molar-refractivity contribution in [2.24, 2.45) is 0 Å². The number of hydrogen-bond donors (Lipinski definition) is 2. The van der Waals surface area contributed by atoms with Crippen LogP contribution in [0.2, 0.25) is 0 Å². The Kier molecular flexibility index (Phi) is 6.98. The van der Waals surface area contributed by atoms with Gasteiger partial charge < -0.3 is 15.1 Å². The maximum absolute atomic E-state index is 12.2. The topological polar surface area (TPSA) is 71.7 Å². The second-order valence-electron chi connectivity index (χ2n) is 7.52. The maximum Gasteiger partial charge on any atom is 0.275 e. The van der Waals surface area contributed by atoms with Crippen LogP contribution in [-0.4, -0.2) is 60.7 Å². The van der Waals surface area contributed by atoms with Gasteiger partial charge in [0.15, 0.2) is 6.54 Å². The van der Waals surface area contributed by atoms with E-state index in [4.69, 9.17) is 5.10 Å². The Labute approximate surface area is 176 Å². The van der Waals surface area contributed by atoms with E-state index in [0.29, 0.717) is 6.54 Å². The number of nitrogens with one attached hydrogen (secondary N) is 2. The molecule has 0 fully saturated rings. The summed E-state index contributed by atoms with van der Waals surface area (Å²) in [5.41, 5.74) is 3.98. The predicted octanol–water partition coefficient (Wildman–Crippen LogP) is 0.758. The van der Waals surface area contributed by atoms with Gasteiger partial charge in [-0.25, -0.2) is 4.68 Å². The molecule has 2 N–H and O–H groups in total. The zero-order valence-corrected chi connectivity index (χ0v) is 17.6. The summed E-state index contributed by atoms with van der Waals surface area (Å²) < 4.78 is 1.88. The first kappa shape index (κ1) is 21.3. The molecule has 7 nitrogen and oxygen atoms in total. The SMILES string of the molecule is CN(C)C(=O)CNC(=O)C[NH+](C)Cc1cn(-c2ccccc2)nc1-c1ccccc1. The van der Waals surface area contributed by atoms with Crippen molar-refractivity contribution >= 4 is 11.8 Å². The van der Waals surface area contributed by atoms with Crippen molar-refractivity contribution in [2.45, 2.75) is 6.54 Å². The molecule has 1 heterocycles. The summed E-state index contributed by atoms with van der Waals surface area (Å²) in [4.78, 5) is 26.4. The molecule has 3 rings (SSSR count). The van der Waals surface area contributed by atoms with Crippen LogP contribution in [-0.2, 0) is 16.1 Å². The lowest BCUT2D eigenvalue weighted by atomic mass is 10.1. The fourth-order valence-electron chi connectivity index (χ4n) is 3.15. The number of quaternary nitrogens is 1. The fourth-order valence-corrected chi connectivity index (χ4v) is 3.15. The second-order valence-corrected chi connectivity index (χ2v) is 7.52. The van der Waals surface area contributed by atoms with E-state index in [1.807, 2.05) is 78.6 Å². The number of carbonyl (C=O) groups is 2. The van der Waals surface area contributed by atoms with Crippen molar-refractivity contribution in [2.75, 3.05) is 34.2 Å². The first-order chi connectivity index (χ1) is 14.4. The average molecular weight is 407 g/mol. The minimum atomic E-state index is -0.153. The Hall–Kier alpha value is -3.45.